The number of thioether (sulfide) groups is 1. The van der Waals surface area contributed by atoms with Crippen molar-refractivity contribution in [3.05, 3.63) is 54.1 Å². The largest absolute Gasteiger partial charge is 0.399 e. The summed E-state index contributed by atoms with van der Waals surface area (Å²) in [5.74, 6) is 0.537. The first-order chi connectivity index (χ1) is 10.1. The molecule has 1 amide bonds. The monoisotopic (exact) mass is 300 g/mol. The van der Waals surface area contributed by atoms with Crippen LogP contribution in [0.5, 0.6) is 0 Å². The summed E-state index contributed by atoms with van der Waals surface area (Å²) < 4.78 is 0. The number of para-hydroxylation sites is 1. The molecule has 0 fully saturated rings. The summed E-state index contributed by atoms with van der Waals surface area (Å²) in [6.07, 6.45) is 0. The zero-order chi connectivity index (χ0) is 15.2. The first-order valence-corrected chi connectivity index (χ1v) is 7.94. The number of aryl methyl sites for hydroxylation is 1. The number of hydrogen-bond donors (Lipinski definition) is 1. The number of carbonyl (C=O) groups is 1. The third-order valence-electron chi connectivity index (χ3n) is 3.29. The van der Waals surface area contributed by atoms with Crippen LogP contribution in [0.3, 0.4) is 0 Å². The average molecular weight is 300 g/mol. The van der Waals surface area contributed by atoms with Gasteiger partial charge < -0.3 is 10.6 Å². The van der Waals surface area contributed by atoms with Gasteiger partial charge in [-0.25, -0.2) is 0 Å². The molecule has 0 radical (unpaired) electrons. The Morgan fingerprint density at radius 1 is 1.19 bits per heavy atom. The maximum atomic E-state index is 12.4. The Labute approximate surface area is 130 Å². The van der Waals surface area contributed by atoms with E-state index in [1.54, 1.807) is 16.7 Å². The van der Waals surface area contributed by atoms with Crippen LogP contribution >= 0.6 is 11.8 Å². The van der Waals surface area contributed by atoms with E-state index in [0.29, 0.717) is 12.3 Å². The van der Waals surface area contributed by atoms with Gasteiger partial charge in [0, 0.05) is 22.8 Å². The lowest BCUT2D eigenvalue weighted by Gasteiger charge is -2.20. The summed E-state index contributed by atoms with van der Waals surface area (Å²) in [5, 5.41) is 0. The Balaban J connectivity index is 2.01. The normalized spacial score (nSPS) is 10.4. The molecule has 0 saturated heterocycles. The first kappa shape index (κ1) is 15.4. The number of nitrogens with two attached hydrogens (primary N) is 1. The smallest absolute Gasteiger partial charge is 0.237 e. The van der Waals surface area contributed by atoms with Crippen molar-refractivity contribution in [2.24, 2.45) is 0 Å². The van der Waals surface area contributed by atoms with E-state index >= 15 is 0 Å². The Bertz CT molecular complexity index is 613. The van der Waals surface area contributed by atoms with E-state index in [0.717, 1.165) is 21.8 Å². The van der Waals surface area contributed by atoms with Gasteiger partial charge in [0.05, 0.1) is 5.75 Å². The van der Waals surface area contributed by atoms with Crippen LogP contribution in [0.2, 0.25) is 0 Å². The fourth-order valence-corrected chi connectivity index (χ4v) is 2.94. The molecule has 0 aliphatic rings. The van der Waals surface area contributed by atoms with Crippen LogP contribution < -0.4 is 10.6 Å². The second-order valence-corrected chi connectivity index (χ2v) is 5.83. The van der Waals surface area contributed by atoms with E-state index in [2.05, 4.69) is 0 Å². The Hall–Kier alpha value is -1.94. The van der Waals surface area contributed by atoms with Crippen LogP contribution in [0.4, 0.5) is 11.4 Å². The number of nitrogens with zero attached hydrogens (tertiary/aromatic N) is 1. The van der Waals surface area contributed by atoms with Crippen LogP contribution in [0, 0.1) is 6.92 Å². The maximum absolute atomic E-state index is 12.4. The molecule has 4 heteroatoms. The van der Waals surface area contributed by atoms with Crippen molar-refractivity contribution in [3.8, 4) is 0 Å². The van der Waals surface area contributed by atoms with Crippen LogP contribution in [0.1, 0.15) is 12.5 Å². The van der Waals surface area contributed by atoms with E-state index in [1.807, 2.05) is 62.4 Å². The summed E-state index contributed by atoms with van der Waals surface area (Å²) >= 11 is 1.54. The molecule has 21 heavy (non-hydrogen) atoms. The molecular weight excluding hydrogens is 280 g/mol. The lowest BCUT2D eigenvalue weighted by molar-refractivity contribution is -0.116. The molecule has 110 valence electrons. The molecule has 0 unspecified atom stereocenters. The van der Waals surface area contributed by atoms with Gasteiger partial charge in [0.2, 0.25) is 5.91 Å². The van der Waals surface area contributed by atoms with Gasteiger partial charge in [-0.2, -0.15) is 0 Å². The molecule has 0 atom stereocenters. The Morgan fingerprint density at radius 3 is 2.52 bits per heavy atom. The molecule has 0 aliphatic carbocycles. The summed E-state index contributed by atoms with van der Waals surface area (Å²) in [7, 11) is 0. The highest BCUT2D eigenvalue weighted by molar-refractivity contribution is 8.00. The van der Waals surface area contributed by atoms with Crippen molar-refractivity contribution in [2.45, 2.75) is 18.7 Å². The van der Waals surface area contributed by atoms with Crippen molar-refractivity contribution in [2.75, 3.05) is 22.9 Å². The van der Waals surface area contributed by atoms with Crippen molar-refractivity contribution in [1.29, 1.82) is 0 Å². The molecule has 0 aliphatic heterocycles. The van der Waals surface area contributed by atoms with Crippen molar-refractivity contribution in [1.82, 2.24) is 0 Å². The van der Waals surface area contributed by atoms with Crippen LogP contribution in [0.25, 0.3) is 0 Å². The lowest BCUT2D eigenvalue weighted by Crippen LogP contribution is -2.32. The van der Waals surface area contributed by atoms with Gasteiger partial charge in [-0.05, 0) is 49.7 Å². The molecule has 2 aromatic rings. The van der Waals surface area contributed by atoms with Crippen LogP contribution in [-0.4, -0.2) is 18.2 Å². The van der Waals surface area contributed by atoms with Gasteiger partial charge in [0.25, 0.3) is 0 Å². The fraction of sp³-hybridized carbons (Fsp3) is 0.235. The highest BCUT2D eigenvalue weighted by Gasteiger charge is 2.13. The SMILES string of the molecule is CCN(C(=O)CSc1ccc(N)c(C)c1)c1ccccc1. The average Bonchev–Trinajstić information content (AvgIpc) is 2.50. The van der Waals surface area contributed by atoms with Gasteiger partial charge in [-0.15, -0.1) is 11.8 Å². The number of benzene rings is 2. The summed E-state index contributed by atoms with van der Waals surface area (Å²) in [4.78, 5) is 15.3. The minimum absolute atomic E-state index is 0.114. The molecule has 0 bridgehead atoms. The fourth-order valence-electron chi connectivity index (χ4n) is 2.07. The van der Waals surface area contributed by atoms with E-state index in [1.165, 1.54) is 0 Å². The Kier molecular flexibility index (Phi) is 5.28. The standard InChI is InChI=1S/C17H20N2OS/c1-3-19(14-7-5-4-6-8-14)17(20)12-21-15-9-10-16(18)13(2)11-15/h4-11H,3,12,18H2,1-2H3. The zero-order valence-electron chi connectivity index (χ0n) is 12.4. The van der Waals surface area contributed by atoms with E-state index < -0.39 is 0 Å². The number of amides is 1. The highest BCUT2D eigenvalue weighted by atomic mass is 32.2. The second-order valence-electron chi connectivity index (χ2n) is 4.78. The third-order valence-corrected chi connectivity index (χ3v) is 4.27. The number of hydrogen-bond acceptors (Lipinski definition) is 3. The van der Waals surface area contributed by atoms with Crippen molar-refractivity contribution >= 4 is 29.0 Å². The van der Waals surface area contributed by atoms with E-state index in [4.69, 9.17) is 5.73 Å². The van der Waals surface area contributed by atoms with Gasteiger partial charge in [0.15, 0.2) is 0 Å². The number of nitrogen functional groups attached to an aromatic ring is 1. The summed E-state index contributed by atoms with van der Waals surface area (Å²) in [6, 6.07) is 15.6. The molecular formula is C17H20N2OS. The molecule has 0 spiro atoms. The lowest BCUT2D eigenvalue weighted by atomic mass is 10.2. The predicted octanol–water partition coefficient (Wildman–Crippen LogP) is 3.72. The minimum Gasteiger partial charge on any atom is -0.399 e. The first-order valence-electron chi connectivity index (χ1n) is 6.96. The predicted molar refractivity (Wildman–Crippen MR) is 90.8 cm³/mol. The van der Waals surface area contributed by atoms with E-state index in [9.17, 15) is 4.79 Å². The zero-order valence-corrected chi connectivity index (χ0v) is 13.2. The van der Waals surface area contributed by atoms with Gasteiger partial charge in [-0.3, -0.25) is 4.79 Å². The molecule has 0 aromatic heterocycles. The van der Waals surface area contributed by atoms with Crippen molar-refractivity contribution in [3.63, 3.8) is 0 Å². The molecule has 0 heterocycles. The van der Waals surface area contributed by atoms with Crippen LogP contribution in [-0.2, 0) is 4.79 Å². The number of rotatable bonds is 5. The van der Waals surface area contributed by atoms with Gasteiger partial charge >= 0.3 is 0 Å². The number of carbonyl (C=O) groups excluding carboxylic acids is 1. The topological polar surface area (TPSA) is 46.3 Å². The summed E-state index contributed by atoms with van der Waals surface area (Å²) in [5.41, 5.74) is 8.58. The molecule has 2 N–H and O–H groups in total. The number of anilines is 2. The van der Waals surface area contributed by atoms with Crippen LogP contribution in [0.15, 0.2) is 53.4 Å². The van der Waals surface area contributed by atoms with E-state index in [-0.39, 0.29) is 5.91 Å². The molecule has 3 nitrogen and oxygen atoms in total. The third kappa shape index (κ3) is 4.02. The highest BCUT2D eigenvalue weighted by Crippen LogP contribution is 2.23. The molecule has 2 rings (SSSR count). The Morgan fingerprint density at radius 2 is 1.90 bits per heavy atom. The second kappa shape index (κ2) is 7.18. The molecule has 0 saturated carbocycles. The van der Waals surface area contributed by atoms with Gasteiger partial charge in [0.1, 0.15) is 0 Å². The van der Waals surface area contributed by atoms with Crippen molar-refractivity contribution < 1.29 is 4.79 Å². The molecule has 2 aromatic carbocycles. The quantitative estimate of drug-likeness (QED) is 0.676. The minimum atomic E-state index is 0.114. The summed E-state index contributed by atoms with van der Waals surface area (Å²) in [6.45, 7) is 4.64. The van der Waals surface area contributed by atoms with Gasteiger partial charge in [-0.1, -0.05) is 18.2 Å². The maximum Gasteiger partial charge on any atom is 0.237 e.